The van der Waals surface area contributed by atoms with Crippen LogP contribution in [0.25, 0.3) is 0 Å². The van der Waals surface area contributed by atoms with Crippen LogP contribution in [0.5, 0.6) is 0 Å². The minimum atomic E-state index is -0.335. The molecule has 1 aromatic rings. The van der Waals surface area contributed by atoms with Crippen LogP contribution in [0.2, 0.25) is 0 Å². The molecule has 4 nitrogen and oxygen atoms in total. The summed E-state index contributed by atoms with van der Waals surface area (Å²) >= 11 is 0. The van der Waals surface area contributed by atoms with Gasteiger partial charge in [-0.05, 0) is 50.8 Å². The quantitative estimate of drug-likeness (QED) is 0.900. The maximum Gasteiger partial charge on any atom is 0.242 e. The van der Waals surface area contributed by atoms with E-state index in [1.165, 1.54) is 0 Å². The van der Waals surface area contributed by atoms with Crippen molar-refractivity contribution in [3.8, 4) is 0 Å². The molecule has 1 saturated heterocycles. The van der Waals surface area contributed by atoms with Crippen molar-refractivity contribution in [1.82, 2.24) is 15.2 Å². The molecule has 1 aromatic heterocycles. The molecule has 6 heteroatoms. The Balaban J connectivity index is 0.00000200. The highest BCUT2D eigenvalue weighted by Crippen LogP contribution is 2.27. The monoisotopic (exact) mass is 333 g/mol. The van der Waals surface area contributed by atoms with E-state index in [1.54, 1.807) is 4.90 Å². The zero-order valence-electron chi connectivity index (χ0n) is 12.7. The summed E-state index contributed by atoms with van der Waals surface area (Å²) in [7, 11) is 3.67. The maximum atomic E-state index is 12.4. The highest BCUT2D eigenvalue weighted by atomic mass is 35.5. The third kappa shape index (κ3) is 5.13. The first-order valence-electron chi connectivity index (χ1n) is 7.01. The molecule has 0 aliphatic carbocycles. The van der Waals surface area contributed by atoms with Gasteiger partial charge < -0.3 is 10.2 Å². The number of carbonyl (C=O) groups is 1. The number of nitrogens with zero attached hydrogens (tertiary/aromatic N) is 2. The number of likely N-dealkylation sites (N-methyl/N-ethyl adjacent to an activating group) is 1. The molecule has 0 spiro atoms. The minimum absolute atomic E-state index is 0. The molecule has 0 radical (unpaired) electrons. The summed E-state index contributed by atoms with van der Waals surface area (Å²) in [6, 6.07) is 5.98. The Bertz CT molecular complexity index is 420. The van der Waals surface area contributed by atoms with Gasteiger partial charge in [0.05, 0.1) is 5.54 Å². The Kier molecular flexibility index (Phi) is 8.86. The number of halogens is 2. The molecule has 2 rings (SSSR count). The van der Waals surface area contributed by atoms with E-state index in [0.29, 0.717) is 0 Å². The van der Waals surface area contributed by atoms with Gasteiger partial charge in [0.25, 0.3) is 0 Å². The van der Waals surface area contributed by atoms with E-state index in [1.807, 2.05) is 38.5 Å². The highest BCUT2D eigenvalue weighted by Gasteiger charge is 2.41. The lowest BCUT2D eigenvalue weighted by Crippen LogP contribution is -2.53. The van der Waals surface area contributed by atoms with E-state index >= 15 is 0 Å². The molecule has 2 heterocycles. The van der Waals surface area contributed by atoms with Gasteiger partial charge >= 0.3 is 0 Å². The molecule has 1 atom stereocenters. The first kappa shape index (κ1) is 20.2. The van der Waals surface area contributed by atoms with Crippen molar-refractivity contribution >= 4 is 30.7 Å². The predicted octanol–water partition coefficient (Wildman–Crippen LogP) is 2.46. The molecular weight excluding hydrogens is 309 g/mol. The third-order valence-electron chi connectivity index (χ3n) is 3.82. The Morgan fingerprint density at radius 3 is 2.67 bits per heavy atom. The second-order valence-corrected chi connectivity index (χ2v) is 5.49. The van der Waals surface area contributed by atoms with E-state index in [-0.39, 0.29) is 36.3 Å². The number of amides is 1. The van der Waals surface area contributed by atoms with Crippen LogP contribution in [-0.4, -0.2) is 42.0 Å². The van der Waals surface area contributed by atoms with E-state index in [4.69, 9.17) is 0 Å². The molecule has 0 saturated carbocycles. The third-order valence-corrected chi connectivity index (χ3v) is 3.82. The lowest BCUT2D eigenvalue weighted by atomic mass is 9.89. The van der Waals surface area contributed by atoms with Gasteiger partial charge in [-0.15, -0.1) is 24.8 Å². The van der Waals surface area contributed by atoms with Crippen LogP contribution in [0.4, 0.5) is 0 Å². The lowest BCUT2D eigenvalue weighted by Gasteiger charge is -2.31. The Morgan fingerprint density at radius 1 is 1.38 bits per heavy atom. The Hall–Kier alpha value is -0.840. The lowest BCUT2D eigenvalue weighted by molar-refractivity contribution is -0.135. The zero-order valence-corrected chi connectivity index (χ0v) is 14.3. The molecule has 1 N–H and O–H groups in total. The second kappa shape index (κ2) is 9.23. The average Bonchev–Trinajstić information content (AvgIpc) is 2.89. The summed E-state index contributed by atoms with van der Waals surface area (Å²) in [4.78, 5) is 18.4. The van der Waals surface area contributed by atoms with E-state index < -0.39 is 0 Å². The number of aromatic nitrogens is 1. The van der Waals surface area contributed by atoms with Crippen molar-refractivity contribution in [2.45, 2.75) is 37.6 Å². The van der Waals surface area contributed by atoms with Crippen LogP contribution in [0.15, 0.2) is 24.4 Å². The molecule has 21 heavy (non-hydrogen) atoms. The fourth-order valence-electron chi connectivity index (χ4n) is 2.85. The number of hydrogen-bond donors (Lipinski definition) is 1. The average molecular weight is 334 g/mol. The first-order valence-corrected chi connectivity index (χ1v) is 7.01. The maximum absolute atomic E-state index is 12.4. The summed E-state index contributed by atoms with van der Waals surface area (Å²) < 4.78 is 0. The van der Waals surface area contributed by atoms with Gasteiger partial charge in [-0.1, -0.05) is 6.07 Å². The van der Waals surface area contributed by atoms with Gasteiger partial charge in [-0.2, -0.15) is 0 Å². The summed E-state index contributed by atoms with van der Waals surface area (Å²) in [5.74, 6) is 0.214. The molecule has 1 fully saturated rings. The van der Waals surface area contributed by atoms with Gasteiger partial charge in [-0.3, -0.25) is 9.78 Å². The molecular formula is C15H25Cl2N3O. The van der Waals surface area contributed by atoms with Gasteiger partial charge in [0.1, 0.15) is 0 Å². The fourth-order valence-corrected chi connectivity index (χ4v) is 2.85. The Morgan fingerprint density at radius 2 is 2.14 bits per heavy atom. The summed E-state index contributed by atoms with van der Waals surface area (Å²) in [6.45, 7) is 0.948. The normalized spacial score (nSPS) is 20.3. The smallest absolute Gasteiger partial charge is 0.242 e. The van der Waals surface area contributed by atoms with Crippen LogP contribution in [-0.2, 0) is 11.2 Å². The van der Waals surface area contributed by atoms with E-state index in [0.717, 1.165) is 44.3 Å². The summed E-state index contributed by atoms with van der Waals surface area (Å²) in [5.41, 5.74) is 0.770. The van der Waals surface area contributed by atoms with Crippen molar-refractivity contribution in [1.29, 1.82) is 0 Å². The highest BCUT2D eigenvalue weighted by molar-refractivity contribution is 5.86. The molecule has 1 aliphatic heterocycles. The van der Waals surface area contributed by atoms with Crippen LogP contribution in [0.1, 0.15) is 31.4 Å². The SMILES string of the molecule is CN(C)C(=O)C1(CCCc2ccccn2)CCCN1.Cl.Cl. The van der Waals surface area contributed by atoms with Crippen LogP contribution in [0.3, 0.4) is 0 Å². The number of aryl methyl sites for hydroxylation is 1. The van der Waals surface area contributed by atoms with Crippen LogP contribution >= 0.6 is 24.8 Å². The van der Waals surface area contributed by atoms with Crippen LogP contribution < -0.4 is 5.32 Å². The Labute approximate surface area is 139 Å². The van der Waals surface area contributed by atoms with Gasteiger partial charge in [0, 0.05) is 26.0 Å². The van der Waals surface area contributed by atoms with Crippen molar-refractivity contribution in [3.63, 3.8) is 0 Å². The van der Waals surface area contributed by atoms with Gasteiger partial charge in [0.2, 0.25) is 5.91 Å². The molecule has 0 bridgehead atoms. The number of pyridine rings is 1. The largest absolute Gasteiger partial charge is 0.347 e. The molecule has 1 aliphatic rings. The van der Waals surface area contributed by atoms with E-state index in [9.17, 15) is 4.79 Å². The minimum Gasteiger partial charge on any atom is -0.347 e. The molecule has 1 amide bonds. The molecule has 120 valence electrons. The standard InChI is InChI=1S/C15H23N3O.2ClH/c1-18(2)14(19)15(10-6-12-17-15)9-5-8-13-7-3-4-11-16-13;;/h3-4,7,11,17H,5-6,8-10,12H2,1-2H3;2*1H. The van der Waals surface area contributed by atoms with E-state index in [2.05, 4.69) is 10.3 Å². The topological polar surface area (TPSA) is 45.2 Å². The van der Waals surface area contributed by atoms with Crippen molar-refractivity contribution in [2.24, 2.45) is 0 Å². The zero-order chi connectivity index (χ0) is 13.7. The summed E-state index contributed by atoms with van der Waals surface area (Å²) in [6.07, 6.45) is 6.68. The number of nitrogens with one attached hydrogen (secondary N) is 1. The fraction of sp³-hybridized carbons (Fsp3) is 0.600. The first-order chi connectivity index (χ1) is 9.14. The van der Waals surface area contributed by atoms with Crippen LogP contribution in [0, 0.1) is 0 Å². The van der Waals surface area contributed by atoms with Gasteiger partial charge in [0.15, 0.2) is 0 Å². The number of hydrogen-bond acceptors (Lipinski definition) is 3. The van der Waals surface area contributed by atoms with Crippen molar-refractivity contribution in [2.75, 3.05) is 20.6 Å². The summed E-state index contributed by atoms with van der Waals surface area (Å²) in [5, 5.41) is 3.43. The molecule has 0 aromatic carbocycles. The molecule has 1 unspecified atom stereocenters. The second-order valence-electron chi connectivity index (χ2n) is 5.49. The number of rotatable bonds is 5. The predicted molar refractivity (Wildman–Crippen MR) is 90.3 cm³/mol. The van der Waals surface area contributed by atoms with Crippen molar-refractivity contribution < 1.29 is 4.79 Å². The number of carbonyl (C=O) groups excluding carboxylic acids is 1. The van der Waals surface area contributed by atoms with Gasteiger partial charge in [-0.25, -0.2) is 0 Å². The van der Waals surface area contributed by atoms with Crippen molar-refractivity contribution in [3.05, 3.63) is 30.1 Å².